The van der Waals surface area contributed by atoms with E-state index >= 15 is 0 Å². The molecule has 13 heavy (non-hydrogen) atoms. The fourth-order valence-corrected chi connectivity index (χ4v) is 2.50. The predicted molar refractivity (Wildman–Crippen MR) is 55.8 cm³/mol. The average molecular weight is 182 g/mol. The van der Waals surface area contributed by atoms with Crippen LogP contribution in [0.1, 0.15) is 32.6 Å². The molecule has 1 aliphatic carbocycles. The summed E-state index contributed by atoms with van der Waals surface area (Å²) >= 11 is 0. The van der Waals surface area contributed by atoms with Gasteiger partial charge >= 0.3 is 0 Å². The van der Waals surface area contributed by atoms with Crippen LogP contribution in [0.25, 0.3) is 0 Å². The van der Waals surface area contributed by atoms with Crippen LogP contribution in [0, 0.1) is 11.8 Å². The van der Waals surface area contributed by atoms with Crippen LogP contribution in [0.15, 0.2) is 0 Å². The predicted octanol–water partition coefficient (Wildman–Crippen LogP) is 1.37. The second-order valence-corrected chi connectivity index (χ2v) is 4.89. The minimum atomic E-state index is 0.844. The van der Waals surface area contributed by atoms with Gasteiger partial charge in [0.15, 0.2) is 0 Å². The van der Waals surface area contributed by atoms with Crippen molar-refractivity contribution in [2.45, 2.75) is 38.6 Å². The molecule has 0 aromatic heterocycles. The van der Waals surface area contributed by atoms with E-state index in [-0.39, 0.29) is 0 Å². The third kappa shape index (κ3) is 2.68. The molecule has 0 aromatic rings. The minimum absolute atomic E-state index is 0.844. The van der Waals surface area contributed by atoms with E-state index in [0.29, 0.717) is 0 Å². The summed E-state index contributed by atoms with van der Waals surface area (Å²) in [5, 5.41) is 7.14. The first-order valence-corrected chi connectivity index (χ1v) is 5.78. The number of nitrogens with one attached hydrogen (secondary N) is 2. The Balaban J connectivity index is 1.56. The van der Waals surface area contributed by atoms with Gasteiger partial charge in [0.25, 0.3) is 0 Å². The lowest BCUT2D eigenvalue weighted by molar-refractivity contribution is 0.224. The number of hydrogen-bond donors (Lipinski definition) is 2. The van der Waals surface area contributed by atoms with Gasteiger partial charge in [-0.1, -0.05) is 6.92 Å². The monoisotopic (exact) mass is 182 g/mol. The first-order chi connectivity index (χ1) is 6.34. The smallest absolute Gasteiger partial charge is 0.00722 e. The Labute approximate surface area is 81.5 Å². The summed E-state index contributed by atoms with van der Waals surface area (Å²) in [5.41, 5.74) is 0. The Morgan fingerprint density at radius 3 is 2.85 bits per heavy atom. The molecule has 2 fully saturated rings. The average Bonchev–Trinajstić information content (AvgIpc) is 2.12. The zero-order valence-corrected chi connectivity index (χ0v) is 8.68. The van der Waals surface area contributed by atoms with Crippen LogP contribution in [-0.4, -0.2) is 25.7 Å². The van der Waals surface area contributed by atoms with Crippen LogP contribution in [0.3, 0.4) is 0 Å². The molecule has 1 aliphatic heterocycles. The molecule has 1 atom stereocenters. The Morgan fingerprint density at radius 1 is 1.38 bits per heavy atom. The van der Waals surface area contributed by atoms with E-state index in [0.717, 1.165) is 17.9 Å². The van der Waals surface area contributed by atoms with Crippen molar-refractivity contribution >= 4 is 0 Å². The maximum absolute atomic E-state index is 3.68. The van der Waals surface area contributed by atoms with Crippen LogP contribution < -0.4 is 10.6 Å². The third-order valence-electron chi connectivity index (χ3n) is 3.47. The summed E-state index contributed by atoms with van der Waals surface area (Å²) in [7, 11) is 0. The topological polar surface area (TPSA) is 24.1 Å². The third-order valence-corrected chi connectivity index (χ3v) is 3.47. The lowest BCUT2D eigenvalue weighted by Gasteiger charge is -2.35. The molecule has 1 heterocycles. The van der Waals surface area contributed by atoms with Crippen molar-refractivity contribution in [3.63, 3.8) is 0 Å². The van der Waals surface area contributed by atoms with Crippen molar-refractivity contribution in [1.29, 1.82) is 0 Å². The van der Waals surface area contributed by atoms with Gasteiger partial charge in [-0.25, -0.2) is 0 Å². The molecule has 0 spiro atoms. The van der Waals surface area contributed by atoms with Gasteiger partial charge in [-0.3, -0.25) is 0 Å². The molecule has 0 bridgehead atoms. The standard InChI is InChI=1S/C11H22N2/c1-9-5-11(6-9)13-8-10-3-2-4-12-7-10/h9-13H,2-8H2,1H3/t9?,10-,11?/m1/s1. The molecule has 0 radical (unpaired) electrons. The van der Waals surface area contributed by atoms with Gasteiger partial charge < -0.3 is 10.6 Å². The summed E-state index contributed by atoms with van der Waals surface area (Å²) in [6.45, 7) is 6.05. The number of rotatable bonds is 3. The van der Waals surface area contributed by atoms with Crippen molar-refractivity contribution < 1.29 is 0 Å². The first-order valence-electron chi connectivity index (χ1n) is 5.78. The normalized spacial score (nSPS) is 39.9. The second-order valence-electron chi connectivity index (χ2n) is 4.89. The van der Waals surface area contributed by atoms with Crippen LogP contribution >= 0.6 is 0 Å². The zero-order chi connectivity index (χ0) is 9.10. The Hall–Kier alpha value is -0.0800. The Kier molecular flexibility index (Phi) is 3.23. The van der Waals surface area contributed by atoms with E-state index in [2.05, 4.69) is 17.6 Å². The molecule has 2 rings (SSSR count). The summed E-state index contributed by atoms with van der Waals surface area (Å²) in [4.78, 5) is 0. The van der Waals surface area contributed by atoms with Crippen LogP contribution in [0.4, 0.5) is 0 Å². The molecule has 76 valence electrons. The molecule has 1 saturated heterocycles. The van der Waals surface area contributed by atoms with Crippen LogP contribution in [0.2, 0.25) is 0 Å². The lowest BCUT2D eigenvalue weighted by atomic mass is 9.81. The van der Waals surface area contributed by atoms with E-state index < -0.39 is 0 Å². The van der Waals surface area contributed by atoms with E-state index in [1.54, 1.807) is 0 Å². The minimum Gasteiger partial charge on any atom is -0.316 e. The van der Waals surface area contributed by atoms with E-state index in [4.69, 9.17) is 0 Å². The van der Waals surface area contributed by atoms with Crippen molar-refractivity contribution in [2.24, 2.45) is 11.8 Å². The largest absolute Gasteiger partial charge is 0.316 e. The highest BCUT2D eigenvalue weighted by molar-refractivity contribution is 4.83. The van der Waals surface area contributed by atoms with E-state index in [1.165, 1.54) is 45.3 Å². The molecular weight excluding hydrogens is 160 g/mol. The van der Waals surface area contributed by atoms with E-state index in [1.807, 2.05) is 0 Å². The maximum atomic E-state index is 3.68. The number of piperidine rings is 1. The molecule has 2 aliphatic rings. The SMILES string of the molecule is CC1CC(NC[C@@H]2CCCNC2)C1. The molecule has 2 heteroatoms. The van der Waals surface area contributed by atoms with Crippen molar-refractivity contribution in [1.82, 2.24) is 10.6 Å². The highest BCUT2D eigenvalue weighted by atomic mass is 15.0. The quantitative estimate of drug-likeness (QED) is 0.689. The van der Waals surface area contributed by atoms with Gasteiger partial charge in [0.1, 0.15) is 0 Å². The van der Waals surface area contributed by atoms with E-state index in [9.17, 15) is 0 Å². The van der Waals surface area contributed by atoms with Gasteiger partial charge in [0.2, 0.25) is 0 Å². The van der Waals surface area contributed by atoms with Crippen molar-refractivity contribution in [3.05, 3.63) is 0 Å². The van der Waals surface area contributed by atoms with Gasteiger partial charge in [0, 0.05) is 6.04 Å². The maximum Gasteiger partial charge on any atom is 0.00722 e. The Bertz CT molecular complexity index is 146. The van der Waals surface area contributed by atoms with Crippen LogP contribution in [-0.2, 0) is 0 Å². The van der Waals surface area contributed by atoms with Gasteiger partial charge in [-0.15, -0.1) is 0 Å². The van der Waals surface area contributed by atoms with Crippen molar-refractivity contribution in [3.8, 4) is 0 Å². The zero-order valence-electron chi connectivity index (χ0n) is 8.68. The highest BCUT2D eigenvalue weighted by Gasteiger charge is 2.25. The van der Waals surface area contributed by atoms with Gasteiger partial charge in [-0.2, -0.15) is 0 Å². The molecule has 2 N–H and O–H groups in total. The second kappa shape index (κ2) is 4.43. The first kappa shape index (κ1) is 9.47. The highest BCUT2D eigenvalue weighted by Crippen LogP contribution is 2.26. The Morgan fingerprint density at radius 2 is 2.23 bits per heavy atom. The summed E-state index contributed by atoms with van der Waals surface area (Å²) in [5.74, 6) is 1.87. The van der Waals surface area contributed by atoms with Crippen LogP contribution in [0.5, 0.6) is 0 Å². The molecule has 0 amide bonds. The molecule has 2 nitrogen and oxygen atoms in total. The van der Waals surface area contributed by atoms with Gasteiger partial charge in [0.05, 0.1) is 0 Å². The molecule has 0 unspecified atom stereocenters. The summed E-state index contributed by atoms with van der Waals surface area (Å²) < 4.78 is 0. The summed E-state index contributed by atoms with van der Waals surface area (Å²) in [6.07, 6.45) is 5.59. The molecular formula is C11H22N2. The molecule has 1 saturated carbocycles. The fraction of sp³-hybridized carbons (Fsp3) is 1.00. The summed E-state index contributed by atoms with van der Waals surface area (Å²) in [6, 6.07) is 0.844. The van der Waals surface area contributed by atoms with Crippen molar-refractivity contribution in [2.75, 3.05) is 19.6 Å². The number of hydrogen-bond acceptors (Lipinski definition) is 2. The fourth-order valence-electron chi connectivity index (χ4n) is 2.50. The molecule has 0 aromatic carbocycles. The van der Waals surface area contributed by atoms with Gasteiger partial charge in [-0.05, 0) is 57.2 Å². The lowest BCUT2D eigenvalue weighted by Crippen LogP contribution is -2.44.